The minimum Gasteiger partial charge on any atom is -0.481 e. The number of nitrogens with zero attached hydrogens (tertiary/aromatic N) is 2. The zero-order valence-electron chi connectivity index (χ0n) is 10.5. The Balaban J connectivity index is 2.05. The van der Waals surface area contributed by atoms with Gasteiger partial charge in [-0.1, -0.05) is 0 Å². The summed E-state index contributed by atoms with van der Waals surface area (Å²) in [5, 5.41) is 0. The van der Waals surface area contributed by atoms with Crippen molar-refractivity contribution in [3.05, 3.63) is 39.9 Å². The van der Waals surface area contributed by atoms with Crippen molar-refractivity contribution < 1.29 is 9.47 Å². The van der Waals surface area contributed by atoms with E-state index in [1.807, 2.05) is 6.07 Å². The van der Waals surface area contributed by atoms with Gasteiger partial charge in [-0.2, -0.15) is 0 Å². The molecule has 0 aliphatic carbocycles. The smallest absolute Gasteiger partial charge is 0.256 e. The zero-order valence-corrected chi connectivity index (χ0v) is 10.5. The minimum atomic E-state index is -0.143. The summed E-state index contributed by atoms with van der Waals surface area (Å²) >= 11 is 0. The number of ether oxygens (including phenoxy) is 2. The summed E-state index contributed by atoms with van der Waals surface area (Å²) in [5.74, 6) is 1.05. The van der Waals surface area contributed by atoms with Crippen LogP contribution in [0.15, 0.2) is 23.1 Å². The van der Waals surface area contributed by atoms with Gasteiger partial charge in [0.25, 0.3) is 5.56 Å². The second kappa shape index (κ2) is 4.81. The number of aromatic amines is 1. The van der Waals surface area contributed by atoms with Crippen LogP contribution in [0.2, 0.25) is 0 Å². The Bertz CT molecular complexity index is 649. The summed E-state index contributed by atoms with van der Waals surface area (Å²) in [5.41, 5.74) is 2.04. The van der Waals surface area contributed by atoms with E-state index in [2.05, 4.69) is 15.0 Å². The first-order valence-electron chi connectivity index (χ1n) is 5.98. The van der Waals surface area contributed by atoms with Gasteiger partial charge >= 0.3 is 0 Å². The van der Waals surface area contributed by atoms with Crippen molar-refractivity contribution in [2.75, 3.05) is 13.7 Å². The SMILES string of the molecule is COc1ccc(-c2nc3c(c(=O)[nH]2)COCC3)cn1. The molecule has 0 aromatic carbocycles. The van der Waals surface area contributed by atoms with Gasteiger partial charge in [0.15, 0.2) is 0 Å². The molecule has 3 rings (SSSR count). The molecule has 0 atom stereocenters. The molecular formula is C13H13N3O3. The number of aromatic nitrogens is 3. The Morgan fingerprint density at radius 3 is 3.05 bits per heavy atom. The molecule has 0 amide bonds. The third kappa shape index (κ3) is 2.22. The molecule has 19 heavy (non-hydrogen) atoms. The first kappa shape index (κ1) is 11.9. The van der Waals surface area contributed by atoms with Crippen LogP contribution in [0.1, 0.15) is 11.3 Å². The van der Waals surface area contributed by atoms with Gasteiger partial charge in [-0.25, -0.2) is 9.97 Å². The maximum absolute atomic E-state index is 12.0. The molecule has 98 valence electrons. The number of H-pyrrole nitrogens is 1. The summed E-state index contributed by atoms with van der Waals surface area (Å²) in [6.07, 6.45) is 2.29. The number of nitrogens with one attached hydrogen (secondary N) is 1. The molecule has 1 aliphatic rings. The Kier molecular flexibility index (Phi) is 3.00. The van der Waals surface area contributed by atoms with Gasteiger partial charge in [-0.15, -0.1) is 0 Å². The summed E-state index contributed by atoms with van der Waals surface area (Å²) in [7, 11) is 1.56. The fourth-order valence-corrected chi connectivity index (χ4v) is 2.02. The average Bonchev–Trinajstić information content (AvgIpc) is 2.47. The normalized spacial score (nSPS) is 13.9. The van der Waals surface area contributed by atoms with Gasteiger partial charge in [0, 0.05) is 24.2 Å². The second-order valence-electron chi connectivity index (χ2n) is 4.23. The molecule has 0 saturated carbocycles. The lowest BCUT2D eigenvalue weighted by molar-refractivity contribution is 0.108. The second-order valence-corrected chi connectivity index (χ2v) is 4.23. The zero-order chi connectivity index (χ0) is 13.2. The lowest BCUT2D eigenvalue weighted by Crippen LogP contribution is -2.24. The summed E-state index contributed by atoms with van der Waals surface area (Å²) in [6, 6.07) is 3.55. The lowest BCUT2D eigenvalue weighted by atomic mass is 10.1. The van der Waals surface area contributed by atoms with Crippen molar-refractivity contribution in [3.63, 3.8) is 0 Å². The Morgan fingerprint density at radius 2 is 2.32 bits per heavy atom. The number of hydrogen-bond donors (Lipinski definition) is 1. The predicted octanol–water partition coefficient (Wildman–Crippen LogP) is 0.913. The molecule has 2 aromatic heterocycles. The van der Waals surface area contributed by atoms with Crippen LogP contribution >= 0.6 is 0 Å². The van der Waals surface area contributed by atoms with E-state index in [1.165, 1.54) is 0 Å². The van der Waals surface area contributed by atoms with E-state index in [4.69, 9.17) is 9.47 Å². The summed E-state index contributed by atoms with van der Waals surface area (Å²) in [6.45, 7) is 0.933. The quantitative estimate of drug-likeness (QED) is 0.867. The highest BCUT2D eigenvalue weighted by Gasteiger charge is 2.16. The predicted molar refractivity (Wildman–Crippen MR) is 68.0 cm³/mol. The molecule has 2 aromatic rings. The van der Waals surface area contributed by atoms with Crippen LogP contribution in [-0.4, -0.2) is 28.7 Å². The van der Waals surface area contributed by atoms with Crippen LogP contribution in [0.3, 0.4) is 0 Å². The van der Waals surface area contributed by atoms with Crippen LogP contribution in [0.5, 0.6) is 5.88 Å². The fraction of sp³-hybridized carbons (Fsp3) is 0.308. The maximum atomic E-state index is 12.0. The molecule has 0 radical (unpaired) electrons. The van der Waals surface area contributed by atoms with Crippen molar-refractivity contribution in [1.29, 1.82) is 0 Å². The van der Waals surface area contributed by atoms with E-state index in [0.717, 1.165) is 11.3 Å². The third-order valence-corrected chi connectivity index (χ3v) is 3.05. The molecule has 3 heterocycles. The highest BCUT2D eigenvalue weighted by molar-refractivity contribution is 5.54. The van der Waals surface area contributed by atoms with E-state index >= 15 is 0 Å². The molecule has 0 spiro atoms. The van der Waals surface area contributed by atoms with Crippen LogP contribution in [-0.2, 0) is 17.8 Å². The van der Waals surface area contributed by atoms with Gasteiger partial charge in [-0.3, -0.25) is 4.79 Å². The van der Waals surface area contributed by atoms with Gasteiger partial charge in [-0.05, 0) is 6.07 Å². The monoisotopic (exact) mass is 259 g/mol. The van der Waals surface area contributed by atoms with Crippen molar-refractivity contribution in [2.24, 2.45) is 0 Å². The Hall–Kier alpha value is -2.21. The Labute approximate surface area is 109 Å². The van der Waals surface area contributed by atoms with Crippen molar-refractivity contribution in [3.8, 4) is 17.3 Å². The first-order chi connectivity index (χ1) is 9.28. The molecule has 0 bridgehead atoms. The van der Waals surface area contributed by atoms with Crippen molar-refractivity contribution in [1.82, 2.24) is 15.0 Å². The van der Waals surface area contributed by atoms with Crippen molar-refractivity contribution in [2.45, 2.75) is 13.0 Å². The molecule has 1 N–H and O–H groups in total. The summed E-state index contributed by atoms with van der Waals surface area (Å²) < 4.78 is 10.3. The molecule has 6 heteroatoms. The van der Waals surface area contributed by atoms with E-state index < -0.39 is 0 Å². The van der Waals surface area contributed by atoms with E-state index in [1.54, 1.807) is 19.4 Å². The number of rotatable bonds is 2. The third-order valence-electron chi connectivity index (χ3n) is 3.05. The number of pyridine rings is 1. The highest BCUT2D eigenvalue weighted by Crippen LogP contribution is 2.18. The molecular weight excluding hydrogens is 246 g/mol. The van der Waals surface area contributed by atoms with E-state index in [0.29, 0.717) is 36.9 Å². The molecule has 0 saturated heterocycles. The van der Waals surface area contributed by atoms with Crippen LogP contribution < -0.4 is 10.3 Å². The number of methoxy groups -OCH3 is 1. The van der Waals surface area contributed by atoms with Crippen LogP contribution in [0.4, 0.5) is 0 Å². The van der Waals surface area contributed by atoms with Crippen LogP contribution in [0.25, 0.3) is 11.4 Å². The fourth-order valence-electron chi connectivity index (χ4n) is 2.02. The van der Waals surface area contributed by atoms with Crippen molar-refractivity contribution >= 4 is 0 Å². The van der Waals surface area contributed by atoms with E-state index in [-0.39, 0.29) is 5.56 Å². The number of fused-ring (bicyclic) bond motifs is 1. The molecule has 6 nitrogen and oxygen atoms in total. The molecule has 0 fully saturated rings. The average molecular weight is 259 g/mol. The number of hydrogen-bond acceptors (Lipinski definition) is 5. The van der Waals surface area contributed by atoms with Gasteiger partial charge in [0.2, 0.25) is 5.88 Å². The highest BCUT2D eigenvalue weighted by atomic mass is 16.5. The largest absolute Gasteiger partial charge is 0.481 e. The van der Waals surface area contributed by atoms with Gasteiger partial charge in [0.05, 0.1) is 31.6 Å². The molecule has 1 aliphatic heterocycles. The lowest BCUT2D eigenvalue weighted by Gasteiger charge is -2.15. The first-order valence-corrected chi connectivity index (χ1v) is 5.98. The maximum Gasteiger partial charge on any atom is 0.256 e. The molecule has 0 unspecified atom stereocenters. The van der Waals surface area contributed by atoms with Crippen LogP contribution in [0, 0.1) is 0 Å². The standard InChI is InChI=1S/C13H13N3O3/c1-18-11-3-2-8(6-14-11)12-15-10-4-5-19-7-9(10)13(17)16-12/h2-3,6H,4-5,7H2,1H3,(H,15,16,17). The Morgan fingerprint density at radius 1 is 1.42 bits per heavy atom. The minimum absolute atomic E-state index is 0.143. The summed E-state index contributed by atoms with van der Waals surface area (Å²) in [4.78, 5) is 23.3. The van der Waals surface area contributed by atoms with E-state index in [9.17, 15) is 4.79 Å². The van der Waals surface area contributed by atoms with Gasteiger partial charge in [0.1, 0.15) is 5.82 Å². The topological polar surface area (TPSA) is 77.1 Å². The van der Waals surface area contributed by atoms with Gasteiger partial charge < -0.3 is 14.5 Å².